The Morgan fingerprint density at radius 2 is 0.836 bits per heavy atom. The number of hydrogen-bond acceptors (Lipinski definition) is 12. The van der Waals surface area contributed by atoms with Crippen molar-refractivity contribution in [2.45, 2.75) is 262 Å². The van der Waals surface area contributed by atoms with Gasteiger partial charge in [0, 0.05) is 12.8 Å². The highest BCUT2D eigenvalue weighted by Gasteiger charge is 2.51. The summed E-state index contributed by atoms with van der Waals surface area (Å²) < 4.78 is 33.6. The minimum atomic E-state index is -5.11. The number of esters is 2. The second kappa shape index (κ2) is 37.9. The highest BCUT2D eigenvalue weighted by atomic mass is 31.2. The molecule has 360 valence electrons. The van der Waals surface area contributed by atoms with Crippen LogP contribution in [0.1, 0.15) is 219 Å². The lowest BCUT2D eigenvalue weighted by Gasteiger charge is -2.41. The predicted octanol–water partition coefficient (Wildman–Crippen LogP) is 9.84. The van der Waals surface area contributed by atoms with E-state index < -0.39 is 75.7 Å². The molecule has 1 fully saturated rings. The van der Waals surface area contributed by atoms with Crippen LogP contribution in [0.4, 0.5) is 0 Å². The van der Waals surface area contributed by atoms with Gasteiger partial charge in [-0.1, -0.05) is 180 Å². The fourth-order valence-electron chi connectivity index (χ4n) is 7.64. The van der Waals surface area contributed by atoms with Crippen LogP contribution in [0.2, 0.25) is 0 Å². The first-order valence-electron chi connectivity index (χ1n) is 24.5. The van der Waals surface area contributed by atoms with Crippen LogP contribution in [-0.2, 0) is 32.7 Å². The first-order valence-corrected chi connectivity index (χ1v) is 26.0. The number of aliphatic hydroxyl groups is 5. The van der Waals surface area contributed by atoms with Gasteiger partial charge in [-0.25, -0.2) is 4.57 Å². The fourth-order valence-corrected chi connectivity index (χ4v) is 8.61. The molecule has 1 saturated carbocycles. The minimum absolute atomic E-state index is 0.102. The summed E-state index contributed by atoms with van der Waals surface area (Å²) in [6.07, 6.45) is 26.9. The molecule has 0 aromatic rings. The molecule has 1 aliphatic rings. The maximum absolute atomic E-state index is 12.8. The van der Waals surface area contributed by atoms with E-state index in [1.54, 1.807) is 0 Å². The third kappa shape index (κ3) is 30.4. The van der Waals surface area contributed by atoms with Gasteiger partial charge in [0.15, 0.2) is 6.10 Å². The molecule has 0 heterocycles. The molecule has 6 N–H and O–H groups in total. The summed E-state index contributed by atoms with van der Waals surface area (Å²) in [5.41, 5.74) is 0. The van der Waals surface area contributed by atoms with Gasteiger partial charge in [-0.05, 0) is 38.5 Å². The monoisotopic (exact) mass is 893 g/mol. The summed E-state index contributed by atoms with van der Waals surface area (Å²) in [5, 5.41) is 50.2. The molecule has 61 heavy (non-hydrogen) atoms. The van der Waals surface area contributed by atoms with Gasteiger partial charge in [0.1, 0.15) is 43.2 Å². The van der Waals surface area contributed by atoms with E-state index in [1.165, 1.54) is 128 Å². The van der Waals surface area contributed by atoms with Crippen molar-refractivity contribution in [1.29, 1.82) is 0 Å². The Morgan fingerprint density at radius 1 is 0.492 bits per heavy atom. The van der Waals surface area contributed by atoms with E-state index in [4.69, 9.17) is 18.5 Å². The van der Waals surface area contributed by atoms with Crippen LogP contribution < -0.4 is 0 Å². The summed E-state index contributed by atoms with van der Waals surface area (Å²) >= 11 is 0. The van der Waals surface area contributed by atoms with Gasteiger partial charge in [0.05, 0.1) is 6.61 Å². The lowest BCUT2D eigenvalue weighted by molar-refractivity contribution is -0.220. The molecule has 0 bridgehead atoms. The number of allylic oxidation sites excluding steroid dienone is 2. The maximum atomic E-state index is 12.8. The molecule has 0 aliphatic heterocycles. The maximum Gasteiger partial charge on any atom is 0.472 e. The molecular weight excluding hydrogens is 803 g/mol. The Labute approximate surface area is 369 Å². The lowest BCUT2D eigenvalue weighted by atomic mass is 9.85. The van der Waals surface area contributed by atoms with Crippen LogP contribution in [0.15, 0.2) is 12.2 Å². The van der Waals surface area contributed by atoms with Crippen LogP contribution >= 0.6 is 7.82 Å². The first kappa shape index (κ1) is 57.6. The second-order valence-electron chi connectivity index (χ2n) is 17.3. The number of ether oxygens (including phenoxy) is 2. The first-order chi connectivity index (χ1) is 29.4. The standard InChI is InChI=1S/C47H89O13P/c1-3-5-7-9-11-13-15-17-19-20-22-24-26-28-30-32-34-36-41(49)59-39(38-58-61(55,56)60-47-45(53)43(51)42(50)44(52)46(47)54)37-57-40(48)35-33-31-29-27-25-23-21-18-16-14-12-10-8-6-4-2/h14,16,39,42-47,50-54H,3-13,15,17-38H2,1-2H3,(H,55,56)/b16-14+/t39-,42?,43+,44?,45?,46?,47?/m1/s1. The Morgan fingerprint density at radius 3 is 1.26 bits per heavy atom. The van der Waals surface area contributed by atoms with E-state index in [1.807, 2.05) is 0 Å². The number of hydrogen-bond donors (Lipinski definition) is 6. The second-order valence-corrected chi connectivity index (χ2v) is 18.7. The average molecular weight is 893 g/mol. The molecule has 14 heteroatoms. The normalized spacial score (nSPS) is 22.0. The Balaban J connectivity index is 2.42. The molecule has 1 aliphatic carbocycles. The highest BCUT2D eigenvalue weighted by Crippen LogP contribution is 2.47. The molecule has 13 nitrogen and oxygen atoms in total. The molecule has 0 aromatic heterocycles. The van der Waals surface area contributed by atoms with E-state index in [-0.39, 0.29) is 12.8 Å². The van der Waals surface area contributed by atoms with Crippen molar-refractivity contribution in [2.24, 2.45) is 0 Å². The smallest absolute Gasteiger partial charge is 0.462 e. The largest absolute Gasteiger partial charge is 0.472 e. The third-order valence-corrected chi connectivity index (χ3v) is 12.6. The van der Waals surface area contributed by atoms with E-state index in [9.17, 15) is 44.6 Å². The van der Waals surface area contributed by atoms with Gasteiger partial charge >= 0.3 is 19.8 Å². The van der Waals surface area contributed by atoms with Gasteiger partial charge in [-0.2, -0.15) is 0 Å². The lowest BCUT2D eigenvalue weighted by Crippen LogP contribution is -2.64. The zero-order valence-electron chi connectivity index (χ0n) is 38.2. The molecule has 0 spiro atoms. The van der Waals surface area contributed by atoms with Crippen LogP contribution in [0.5, 0.6) is 0 Å². The number of unbranched alkanes of at least 4 members (excludes halogenated alkanes) is 27. The zero-order valence-corrected chi connectivity index (χ0v) is 39.1. The van der Waals surface area contributed by atoms with Crippen LogP contribution in [0.3, 0.4) is 0 Å². The molecule has 6 unspecified atom stereocenters. The van der Waals surface area contributed by atoms with Crippen molar-refractivity contribution >= 4 is 19.8 Å². The summed E-state index contributed by atoms with van der Waals surface area (Å²) in [4.78, 5) is 35.7. The predicted molar refractivity (Wildman–Crippen MR) is 240 cm³/mol. The van der Waals surface area contributed by atoms with Crippen molar-refractivity contribution in [3.8, 4) is 0 Å². The number of carbonyl (C=O) groups excluding carboxylic acids is 2. The van der Waals surface area contributed by atoms with Gasteiger partial charge in [0.2, 0.25) is 0 Å². The van der Waals surface area contributed by atoms with E-state index in [2.05, 4.69) is 26.0 Å². The SMILES string of the molecule is CCCCCC/C=C/CCCCCCCCCC(=O)OC[C@H](COP(=O)(O)OC1C(O)C(O)C(O)[C@H](O)C1O)OC(=O)CCCCCCCCCCCCCCCCCCC. The summed E-state index contributed by atoms with van der Waals surface area (Å²) in [6, 6.07) is 0. The van der Waals surface area contributed by atoms with Crippen molar-refractivity contribution in [2.75, 3.05) is 13.2 Å². The van der Waals surface area contributed by atoms with Crippen molar-refractivity contribution < 1.29 is 63.1 Å². The Bertz CT molecular complexity index is 1120. The van der Waals surface area contributed by atoms with Gasteiger partial charge in [-0.3, -0.25) is 18.6 Å². The van der Waals surface area contributed by atoms with Crippen LogP contribution in [-0.4, -0.2) is 98.3 Å². The molecule has 0 amide bonds. The number of aliphatic hydroxyl groups excluding tert-OH is 5. The summed E-state index contributed by atoms with van der Waals surface area (Å²) in [5.74, 6) is -1.09. The van der Waals surface area contributed by atoms with E-state index in [0.29, 0.717) is 12.8 Å². The van der Waals surface area contributed by atoms with Crippen molar-refractivity contribution in [3.05, 3.63) is 12.2 Å². The van der Waals surface area contributed by atoms with Gasteiger partial charge in [-0.15, -0.1) is 0 Å². The molecule has 0 aromatic carbocycles. The van der Waals surface area contributed by atoms with Crippen molar-refractivity contribution in [3.63, 3.8) is 0 Å². The van der Waals surface area contributed by atoms with Crippen LogP contribution in [0.25, 0.3) is 0 Å². The van der Waals surface area contributed by atoms with Crippen LogP contribution in [0, 0.1) is 0 Å². The minimum Gasteiger partial charge on any atom is -0.462 e. The number of carbonyl (C=O) groups is 2. The Kier molecular flexibility index (Phi) is 35.8. The summed E-state index contributed by atoms with van der Waals surface area (Å²) in [7, 11) is -5.11. The zero-order chi connectivity index (χ0) is 45.0. The van der Waals surface area contributed by atoms with E-state index >= 15 is 0 Å². The number of phosphoric ester groups is 1. The van der Waals surface area contributed by atoms with E-state index in [0.717, 1.165) is 51.4 Å². The molecule has 0 radical (unpaired) electrons. The summed E-state index contributed by atoms with van der Waals surface area (Å²) in [6.45, 7) is 3.31. The molecule has 1 rings (SSSR count). The molecular formula is C47H89O13P. The van der Waals surface area contributed by atoms with Gasteiger partial charge in [0.25, 0.3) is 0 Å². The average Bonchev–Trinajstić information content (AvgIpc) is 3.24. The highest BCUT2D eigenvalue weighted by molar-refractivity contribution is 7.47. The molecule has 8 atom stereocenters. The topological polar surface area (TPSA) is 210 Å². The number of rotatable bonds is 41. The number of phosphoric acid groups is 1. The fraction of sp³-hybridized carbons (Fsp3) is 0.915. The molecule has 0 saturated heterocycles. The van der Waals surface area contributed by atoms with Crippen molar-refractivity contribution in [1.82, 2.24) is 0 Å². The quantitative estimate of drug-likeness (QED) is 0.0146. The third-order valence-electron chi connectivity index (χ3n) is 11.6. The van der Waals surface area contributed by atoms with Gasteiger partial charge < -0.3 is 39.9 Å². The Hall–Kier alpha value is -1.41.